The summed E-state index contributed by atoms with van der Waals surface area (Å²) in [5.41, 5.74) is -0.0161. The van der Waals surface area contributed by atoms with Crippen molar-refractivity contribution in [2.24, 2.45) is 7.05 Å². The largest absolute Gasteiger partial charge is 0.435 e. The summed E-state index contributed by atoms with van der Waals surface area (Å²) in [7, 11) is 0.678. The number of nitrogens with zero attached hydrogens (tertiary/aromatic N) is 5. The van der Waals surface area contributed by atoms with E-state index in [-0.39, 0.29) is 30.4 Å². The van der Waals surface area contributed by atoms with E-state index in [1.807, 2.05) is 0 Å². The molecule has 0 aromatic carbocycles. The van der Waals surface area contributed by atoms with Crippen LogP contribution in [0, 0.1) is 6.92 Å². The number of aryl methyl sites for hydroxylation is 2. The smallest absolute Gasteiger partial charge is 0.332 e. The van der Waals surface area contributed by atoms with Crippen LogP contribution in [0.4, 0.5) is 13.2 Å². The Kier molecular flexibility index (Phi) is 4.91. The van der Waals surface area contributed by atoms with E-state index >= 15 is 0 Å². The van der Waals surface area contributed by atoms with Gasteiger partial charge in [-0.05, 0) is 13.0 Å². The molecule has 0 spiro atoms. The maximum atomic E-state index is 12.8. The van der Waals surface area contributed by atoms with Gasteiger partial charge in [0.1, 0.15) is 6.54 Å². The van der Waals surface area contributed by atoms with E-state index in [4.69, 9.17) is 0 Å². The van der Waals surface area contributed by atoms with Gasteiger partial charge in [-0.2, -0.15) is 23.4 Å². The molecule has 1 aliphatic heterocycles. The number of alkyl halides is 3. The molecule has 0 bridgehead atoms. The number of carbonyl (C=O) groups is 1. The van der Waals surface area contributed by atoms with Crippen molar-refractivity contribution in [1.29, 1.82) is 0 Å². The molecule has 3 heterocycles. The quantitative estimate of drug-likeness (QED) is 0.793. The van der Waals surface area contributed by atoms with Gasteiger partial charge in [-0.25, -0.2) is 0 Å². The maximum Gasteiger partial charge on any atom is 0.435 e. The molecule has 142 valence electrons. The normalized spacial score (nSPS) is 21.2. The van der Waals surface area contributed by atoms with Crippen LogP contribution in [-0.2, 0) is 35.4 Å². The highest BCUT2D eigenvalue weighted by Gasteiger charge is 2.36. The second-order valence-corrected chi connectivity index (χ2v) is 7.81. The zero-order chi connectivity index (χ0) is 19.1. The van der Waals surface area contributed by atoms with Crippen LogP contribution in [0.1, 0.15) is 23.0 Å². The zero-order valence-electron chi connectivity index (χ0n) is 14.2. The highest BCUT2D eigenvalue weighted by Crippen LogP contribution is 2.29. The van der Waals surface area contributed by atoms with Crippen molar-refractivity contribution in [2.45, 2.75) is 25.7 Å². The first-order valence-corrected chi connectivity index (χ1v) is 9.38. The predicted octanol–water partition coefficient (Wildman–Crippen LogP) is 1.28. The van der Waals surface area contributed by atoms with Crippen molar-refractivity contribution in [3.05, 3.63) is 35.4 Å². The third-order valence-electron chi connectivity index (χ3n) is 4.27. The monoisotopic (exact) mass is 389 g/mol. The van der Waals surface area contributed by atoms with Crippen LogP contribution in [0.3, 0.4) is 0 Å². The van der Waals surface area contributed by atoms with Gasteiger partial charge in [0.15, 0.2) is 5.69 Å². The van der Waals surface area contributed by atoms with Crippen LogP contribution in [0.2, 0.25) is 0 Å². The van der Waals surface area contributed by atoms with Crippen molar-refractivity contribution >= 4 is 16.7 Å². The lowest BCUT2D eigenvalue weighted by Gasteiger charge is -2.34. The molecule has 2 atom stereocenters. The lowest BCUT2D eigenvalue weighted by atomic mass is 10.1. The van der Waals surface area contributed by atoms with Gasteiger partial charge >= 0.3 is 6.18 Å². The van der Waals surface area contributed by atoms with Gasteiger partial charge in [0.2, 0.25) is 5.91 Å². The third kappa shape index (κ3) is 3.81. The Bertz CT molecular complexity index is 845. The molecule has 2 aromatic heterocycles. The van der Waals surface area contributed by atoms with Crippen molar-refractivity contribution in [2.75, 3.05) is 18.1 Å². The van der Waals surface area contributed by atoms with Crippen molar-refractivity contribution in [3.8, 4) is 0 Å². The molecule has 3 rings (SSSR count). The molecule has 11 heteroatoms. The Morgan fingerprint density at radius 1 is 1.42 bits per heavy atom. The minimum atomic E-state index is -4.56. The fourth-order valence-electron chi connectivity index (χ4n) is 2.92. The molecule has 0 radical (unpaired) electrons. The van der Waals surface area contributed by atoms with Crippen molar-refractivity contribution < 1.29 is 22.2 Å². The SMILES string of the molecule is Cc1cc(C(F)(F)F)nn1CC(=O)N1CCS(=O)CC1c1cnn(C)c1. The highest BCUT2D eigenvalue weighted by atomic mass is 32.2. The molecule has 1 fully saturated rings. The maximum absolute atomic E-state index is 12.8. The van der Waals surface area contributed by atoms with Crippen LogP contribution < -0.4 is 0 Å². The van der Waals surface area contributed by atoms with Gasteiger partial charge in [0.05, 0.1) is 12.2 Å². The molecule has 1 amide bonds. The molecule has 0 aliphatic carbocycles. The first-order valence-electron chi connectivity index (χ1n) is 7.90. The second kappa shape index (κ2) is 6.86. The summed E-state index contributed by atoms with van der Waals surface area (Å²) in [5.74, 6) is 0.257. The van der Waals surface area contributed by atoms with Gasteiger partial charge < -0.3 is 4.90 Å². The van der Waals surface area contributed by atoms with Crippen LogP contribution in [-0.4, -0.2) is 52.6 Å². The molecule has 1 aliphatic rings. The summed E-state index contributed by atoms with van der Waals surface area (Å²) in [6.45, 7) is 1.45. The number of aromatic nitrogens is 4. The molecule has 26 heavy (non-hydrogen) atoms. The summed E-state index contributed by atoms with van der Waals surface area (Å²) in [4.78, 5) is 14.3. The topological polar surface area (TPSA) is 73.0 Å². The summed E-state index contributed by atoms with van der Waals surface area (Å²) >= 11 is 0. The molecular formula is C15H18F3N5O2S. The molecular weight excluding hydrogens is 371 g/mol. The number of amides is 1. The van der Waals surface area contributed by atoms with E-state index in [0.717, 1.165) is 16.3 Å². The van der Waals surface area contributed by atoms with Crippen LogP contribution in [0.25, 0.3) is 0 Å². The summed E-state index contributed by atoms with van der Waals surface area (Å²) in [6, 6.07) is 0.501. The van der Waals surface area contributed by atoms with Gasteiger partial charge in [0.25, 0.3) is 0 Å². The third-order valence-corrected chi connectivity index (χ3v) is 5.59. The van der Waals surface area contributed by atoms with E-state index in [9.17, 15) is 22.2 Å². The van der Waals surface area contributed by atoms with Crippen LogP contribution in [0.15, 0.2) is 18.5 Å². The number of hydrogen-bond donors (Lipinski definition) is 0. The molecule has 0 N–H and O–H groups in total. The van der Waals surface area contributed by atoms with Crippen molar-refractivity contribution in [3.63, 3.8) is 0 Å². The average Bonchev–Trinajstić information content (AvgIpc) is 3.13. The van der Waals surface area contributed by atoms with Gasteiger partial charge in [0, 0.05) is 53.4 Å². The fourth-order valence-corrected chi connectivity index (χ4v) is 4.21. The number of halogens is 3. The Hall–Kier alpha value is -2.17. The molecule has 7 nitrogen and oxygen atoms in total. The summed E-state index contributed by atoms with van der Waals surface area (Å²) < 4.78 is 53.0. The first-order chi connectivity index (χ1) is 12.1. The first kappa shape index (κ1) is 18.6. The lowest BCUT2D eigenvalue weighted by Crippen LogP contribution is -2.45. The number of hydrogen-bond acceptors (Lipinski definition) is 4. The van der Waals surface area contributed by atoms with Crippen molar-refractivity contribution in [1.82, 2.24) is 24.5 Å². The minimum Gasteiger partial charge on any atom is -0.332 e. The zero-order valence-corrected chi connectivity index (χ0v) is 15.0. The Labute approximate surface area is 150 Å². The standard InChI is InChI=1S/C15H18F3N5O2S/c1-10-5-13(15(16,17)18)20-23(10)8-14(24)22-3-4-26(25)9-12(22)11-6-19-21(2)7-11/h5-7,12H,3-4,8-9H2,1-2H3. The number of rotatable bonds is 3. The minimum absolute atomic E-state index is 0.254. The van der Waals surface area contributed by atoms with E-state index in [0.29, 0.717) is 5.75 Å². The highest BCUT2D eigenvalue weighted by molar-refractivity contribution is 7.85. The lowest BCUT2D eigenvalue weighted by molar-refractivity contribution is -0.142. The Morgan fingerprint density at radius 2 is 2.15 bits per heavy atom. The van der Waals surface area contributed by atoms with Gasteiger partial charge in [-0.15, -0.1) is 0 Å². The van der Waals surface area contributed by atoms with E-state index in [2.05, 4.69) is 10.2 Å². The van der Waals surface area contributed by atoms with Crippen LogP contribution in [0.5, 0.6) is 0 Å². The summed E-state index contributed by atoms with van der Waals surface area (Å²) in [6.07, 6.45) is -1.21. The molecule has 2 aromatic rings. The van der Waals surface area contributed by atoms with Gasteiger partial charge in [-0.1, -0.05) is 0 Å². The Balaban J connectivity index is 1.81. The number of carbonyl (C=O) groups excluding carboxylic acids is 1. The average molecular weight is 389 g/mol. The molecule has 0 saturated carbocycles. The van der Waals surface area contributed by atoms with E-state index in [1.54, 1.807) is 29.0 Å². The van der Waals surface area contributed by atoms with Crippen LogP contribution >= 0.6 is 0 Å². The fraction of sp³-hybridized carbons (Fsp3) is 0.533. The van der Waals surface area contributed by atoms with E-state index in [1.165, 1.54) is 6.92 Å². The van der Waals surface area contributed by atoms with Gasteiger partial charge in [-0.3, -0.25) is 18.4 Å². The van der Waals surface area contributed by atoms with E-state index < -0.39 is 28.7 Å². The molecule has 1 saturated heterocycles. The predicted molar refractivity (Wildman–Crippen MR) is 87.5 cm³/mol. The summed E-state index contributed by atoms with van der Waals surface area (Å²) in [5, 5.41) is 7.58. The Morgan fingerprint density at radius 3 is 2.73 bits per heavy atom. The molecule has 2 unspecified atom stereocenters. The second-order valence-electron chi connectivity index (χ2n) is 6.19.